The summed E-state index contributed by atoms with van der Waals surface area (Å²) in [6.07, 6.45) is 2.95. The van der Waals surface area contributed by atoms with Gasteiger partial charge in [0.1, 0.15) is 20.0 Å². The molecule has 3 aromatic carbocycles. The van der Waals surface area contributed by atoms with Gasteiger partial charge in [-0.1, -0.05) is 49.6 Å². The standard InChI is InChI=1S/C22H19N2O8S4/c1-3-17-5-9-19(10-6-17)33(25,26)23-35(29,30)21-13-15-22(16-14-21)36(31,32)24-34(27,28)20-11-7-18(4-2)8-12-20/h3-16,23H,1-2H2/q-1. The fraction of sp³-hybridized carbons (Fsp3) is 0. The van der Waals surface area contributed by atoms with Crippen molar-refractivity contribution in [1.82, 2.24) is 4.13 Å². The van der Waals surface area contributed by atoms with Crippen molar-refractivity contribution in [2.75, 3.05) is 0 Å². The molecule has 3 aromatic rings. The minimum atomic E-state index is -4.75. The van der Waals surface area contributed by atoms with E-state index >= 15 is 0 Å². The van der Waals surface area contributed by atoms with E-state index in [9.17, 15) is 33.7 Å². The summed E-state index contributed by atoms with van der Waals surface area (Å²) in [6.45, 7) is 7.08. The fourth-order valence-corrected chi connectivity index (χ4v) is 8.40. The highest BCUT2D eigenvalue weighted by atomic mass is 32.3. The van der Waals surface area contributed by atoms with E-state index in [-0.39, 0.29) is 9.79 Å². The van der Waals surface area contributed by atoms with Gasteiger partial charge in [0.15, 0.2) is 0 Å². The van der Waals surface area contributed by atoms with Crippen molar-refractivity contribution in [3.63, 3.8) is 0 Å². The Morgan fingerprint density at radius 2 is 0.778 bits per heavy atom. The van der Waals surface area contributed by atoms with E-state index in [1.165, 1.54) is 48.6 Å². The van der Waals surface area contributed by atoms with Crippen LogP contribution in [0.3, 0.4) is 0 Å². The summed E-state index contributed by atoms with van der Waals surface area (Å²) in [4.78, 5) is -1.88. The highest BCUT2D eigenvalue weighted by Gasteiger charge is 2.25. The van der Waals surface area contributed by atoms with Crippen LogP contribution in [0.2, 0.25) is 0 Å². The first kappa shape index (κ1) is 27.4. The Morgan fingerprint density at radius 3 is 1.11 bits per heavy atom. The van der Waals surface area contributed by atoms with E-state index in [0.717, 1.165) is 36.4 Å². The zero-order valence-electron chi connectivity index (χ0n) is 18.3. The average molecular weight is 568 g/mol. The number of rotatable bonds is 10. The smallest absolute Gasteiger partial charge is 0.253 e. The van der Waals surface area contributed by atoms with Gasteiger partial charge in [0.05, 0.1) is 9.79 Å². The molecule has 0 amide bonds. The molecule has 0 atom stereocenters. The zero-order valence-corrected chi connectivity index (χ0v) is 21.6. The molecule has 0 heterocycles. The van der Waals surface area contributed by atoms with Crippen LogP contribution >= 0.6 is 0 Å². The Bertz CT molecular complexity index is 1590. The van der Waals surface area contributed by atoms with E-state index in [1.54, 1.807) is 4.13 Å². The van der Waals surface area contributed by atoms with Gasteiger partial charge in [-0.3, -0.25) is 0 Å². The first-order valence-corrected chi connectivity index (χ1v) is 15.6. The largest absolute Gasteiger partial charge is 0.428 e. The summed E-state index contributed by atoms with van der Waals surface area (Å²) >= 11 is 0. The maximum absolute atomic E-state index is 12.6. The van der Waals surface area contributed by atoms with Gasteiger partial charge in [-0.25, -0.2) is 33.7 Å². The van der Waals surface area contributed by atoms with Crippen LogP contribution in [0.25, 0.3) is 16.3 Å². The molecule has 14 heteroatoms. The highest BCUT2D eigenvalue weighted by Crippen LogP contribution is 2.27. The number of sulfonamides is 4. The molecule has 190 valence electrons. The molecule has 0 saturated carbocycles. The lowest BCUT2D eigenvalue weighted by Crippen LogP contribution is -2.30. The molecule has 0 bridgehead atoms. The minimum absolute atomic E-state index is 0.319. The second-order valence-corrected chi connectivity index (χ2v) is 14.2. The van der Waals surface area contributed by atoms with E-state index in [4.69, 9.17) is 0 Å². The summed E-state index contributed by atoms with van der Waals surface area (Å²) < 4.78 is 105. The summed E-state index contributed by atoms with van der Waals surface area (Å²) in [6, 6.07) is 13.6. The van der Waals surface area contributed by atoms with Gasteiger partial charge in [0.2, 0.25) is 0 Å². The van der Waals surface area contributed by atoms with E-state index in [1.807, 2.05) is 0 Å². The third kappa shape index (κ3) is 6.16. The highest BCUT2D eigenvalue weighted by molar-refractivity contribution is 8.12. The third-order valence-corrected chi connectivity index (χ3v) is 11.5. The predicted octanol–water partition coefficient (Wildman–Crippen LogP) is 3.09. The van der Waals surface area contributed by atoms with Crippen LogP contribution in [-0.2, 0) is 40.1 Å². The maximum atomic E-state index is 12.6. The molecular formula is C22H19N2O8S4-. The minimum Gasteiger partial charge on any atom is -0.428 e. The lowest BCUT2D eigenvalue weighted by molar-refractivity contribution is 0.576. The Kier molecular flexibility index (Phi) is 7.69. The lowest BCUT2D eigenvalue weighted by atomic mass is 10.2. The maximum Gasteiger partial charge on any atom is 0.253 e. The monoisotopic (exact) mass is 567 g/mol. The van der Waals surface area contributed by atoms with E-state index in [0.29, 0.717) is 11.1 Å². The SMILES string of the molecule is C=Cc1ccc(S(=O)(=O)[N-]S(=O)(=O)c2ccc(S(=O)(=O)NS(=O)(=O)c3ccc(C=C)cc3)cc2)cc1. The average Bonchev–Trinajstić information content (AvgIpc) is 2.83. The van der Waals surface area contributed by atoms with Crippen molar-refractivity contribution < 1.29 is 33.7 Å². The van der Waals surface area contributed by atoms with Crippen LogP contribution in [0, 0.1) is 0 Å². The van der Waals surface area contributed by atoms with E-state index < -0.39 is 49.9 Å². The molecule has 0 aliphatic rings. The van der Waals surface area contributed by atoms with Gasteiger partial charge in [-0.05, 0) is 59.7 Å². The number of benzene rings is 3. The van der Waals surface area contributed by atoms with Gasteiger partial charge in [0, 0.05) is 9.79 Å². The molecule has 0 radical (unpaired) electrons. The second kappa shape index (κ2) is 10.1. The molecule has 0 unspecified atom stereocenters. The van der Waals surface area contributed by atoms with Crippen molar-refractivity contribution in [2.45, 2.75) is 19.6 Å². The van der Waals surface area contributed by atoms with Crippen LogP contribution in [0.4, 0.5) is 0 Å². The fourth-order valence-electron chi connectivity index (χ4n) is 2.81. The van der Waals surface area contributed by atoms with E-state index in [2.05, 4.69) is 17.3 Å². The summed E-state index contributed by atoms with van der Waals surface area (Å²) in [5.41, 5.74) is 1.23. The summed E-state index contributed by atoms with van der Waals surface area (Å²) in [5, 5.41) is 0. The molecule has 3 rings (SSSR count). The van der Waals surface area contributed by atoms with Crippen LogP contribution in [0.5, 0.6) is 0 Å². The Labute approximate surface area is 210 Å². The quantitative estimate of drug-likeness (QED) is 0.391. The molecule has 10 nitrogen and oxygen atoms in total. The Morgan fingerprint density at radius 1 is 0.500 bits per heavy atom. The molecule has 36 heavy (non-hydrogen) atoms. The lowest BCUT2D eigenvalue weighted by Gasteiger charge is -2.21. The zero-order chi connectivity index (χ0) is 26.8. The van der Waals surface area contributed by atoms with Crippen molar-refractivity contribution in [2.24, 2.45) is 0 Å². The number of hydrogen-bond acceptors (Lipinski definition) is 8. The number of nitrogens with one attached hydrogen (secondary N) is 1. The Balaban J connectivity index is 1.83. The normalized spacial score (nSPS) is 12.7. The van der Waals surface area contributed by atoms with Gasteiger partial charge in [0.25, 0.3) is 20.0 Å². The van der Waals surface area contributed by atoms with Crippen molar-refractivity contribution in [3.05, 3.63) is 101 Å². The molecule has 0 fully saturated rings. The van der Waals surface area contributed by atoms with Crippen LogP contribution in [0.1, 0.15) is 11.1 Å². The topological polar surface area (TPSA) is 163 Å². The van der Waals surface area contributed by atoms with Gasteiger partial charge >= 0.3 is 0 Å². The van der Waals surface area contributed by atoms with Gasteiger partial charge < -0.3 is 4.13 Å². The van der Waals surface area contributed by atoms with Crippen molar-refractivity contribution in [1.29, 1.82) is 0 Å². The second-order valence-electron chi connectivity index (χ2n) is 7.13. The molecule has 0 spiro atoms. The van der Waals surface area contributed by atoms with Crippen LogP contribution in [0.15, 0.2) is 106 Å². The summed E-state index contributed by atoms with van der Waals surface area (Å²) in [5.74, 6) is 0. The number of hydrogen-bond donors (Lipinski definition) is 1. The van der Waals surface area contributed by atoms with Crippen LogP contribution < -0.4 is 4.13 Å². The third-order valence-electron chi connectivity index (χ3n) is 4.69. The number of nitrogens with zero attached hydrogens (tertiary/aromatic N) is 1. The molecule has 0 aromatic heterocycles. The predicted molar refractivity (Wildman–Crippen MR) is 135 cm³/mol. The summed E-state index contributed by atoms with van der Waals surface area (Å²) in [7, 11) is -18.5. The first-order valence-electron chi connectivity index (χ1n) is 9.78. The van der Waals surface area contributed by atoms with Crippen LogP contribution in [-0.4, -0.2) is 33.7 Å². The Hall–Kier alpha value is -3.14. The molecule has 1 N–H and O–H groups in total. The molecular weight excluding hydrogens is 549 g/mol. The van der Waals surface area contributed by atoms with Crippen molar-refractivity contribution >= 4 is 52.2 Å². The molecule has 0 aliphatic carbocycles. The first-order chi connectivity index (χ1) is 16.7. The van der Waals surface area contributed by atoms with Gasteiger partial charge in [-0.15, -0.1) is 4.13 Å². The van der Waals surface area contributed by atoms with Gasteiger partial charge in [-0.2, -0.15) is 0 Å². The molecule has 0 aliphatic heterocycles. The van der Waals surface area contributed by atoms with Crippen molar-refractivity contribution in [3.8, 4) is 0 Å². The molecule has 0 saturated heterocycles.